The van der Waals surface area contributed by atoms with Gasteiger partial charge >= 0.3 is 5.97 Å². The molecule has 0 aliphatic carbocycles. The highest BCUT2D eigenvalue weighted by molar-refractivity contribution is 5.99. The molecule has 1 aliphatic rings. The van der Waals surface area contributed by atoms with Crippen LogP contribution in [-0.4, -0.2) is 29.8 Å². The molecule has 0 saturated carbocycles. The highest BCUT2D eigenvalue weighted by Crippen LogP contribution is 2.17. The van der Waals surface area contributed by atoms with Crippen LogP contribution in [0.25, 0.3) is 0 Å². The SMILES string of the molecule is CCCCCC(=O)CC(=O)N[C@H]1CC(CC)OC1=O. The lowest BCUT2D eigenvalue weighted by Crippen LogP contribution is -2.38. The number of ether oxygens (including phenoxy) is 1. The summed E-state index contributed by atoms with van der Waals surface area (Å²) < 4.78 is 5.07. The van der Waals surface area contributed by atoms with E-state index in [0.29, 0.717) is 12.8 Å². The van der Waals surface area contributed by atoms with Gasteiger partial charge in [0.25, 0.3) is 0 Å². The molecule has 1 N–H and O–H groups in total. The van der Waals surface area contributed by atoms with Crippen LogP contribution in [-0.2, 0) is 19.1 Å². The molecule has 1 rings (SSSR count). The second kappa shape index (κ2) is 7.92. The van der Waals surface area contributed by atoms with Crippen molar-refractivity contribution in [2.45, 2.75) is 70.9 Å². The number of hydrogen-bond acceptors (Lipinski definition) is 4. The van der Waals surface area contributed by atoms with Crippen LogP contribution in [0.5, 0.6) is 0 Å². The molecular weight excluding hydrogens is 246 g/mol. The Labute approximate surface area is 114 Å². The summed E-state index contributed by atoms with van der Waals surface area (Å²) in [5, 5.41) is 2.58. The second-order valence-corrected chi connectivity index (χ2v) is 5.00. The number of esters is 1. The fourth-order valence-electron chi connectivity index (χ4n) is 2.11. The summed E-state index contributed by atoms with van der Waals surface area (Å²) in [7, 11) is 0. The van der Waals surface area contributed by atoms with Gasteiger partial charge in [0.2, 0.25) is 5.91 Å². The van der Waals surface area contributed by atoms with Crippen molar-refractivity contribution in [2.75, 3.05) is 0 Å². The maximum absolute atomic E-state index is 11.6. The number of carbonyl (C=O) groups is 3. The number of rotatable bonds is 8. The number of cyclic esters (lactones) is 1. The molecule has 5 nitrogen and oxygen atoms in total. The van der Waals surface area contributed by atoms with Crippen molar-refractivity contribution in [3.05, 3.63) is 0 Å². The lowest BCUT2D eigenvalue weighted by Gasteiger charge is -2.08. The normalized spacial score (nSPS) is 22.1. The Morgan fingerprint density at radius 2 is 2.05 bits per heavy atom. The summed E-state index contributed by atoms with van der Waals surface area (Å²) in [5.74, 6) is -0.830. The maximum atomic E-state index is 11.6. The molecule has 0 aromatic rings. The maximum Gasteiger partial charge on any atom is 0.329 e. The van der Waals surface area contributed by atoms with Crippen molar-refractivity contribution in [1.82, 2.24) is 5.32 Å². The average molecular weight is 269 g/mol. The Balaban J connectivity index is 2.27. The van der Waals surface area contributed by atoms with Crippen LogP contribution >= 0.6 is 0 Å². The molecule has 1 heterocycles. The molecule has 1 unspecified atom stereocenters. The fraction of sp³-hybridized carbons (Fsp3) is 0.786. The Bertz CT molecular complexity index is 340. The smallest absolute Gasteiger partial charge is 0.329 e. The summed E-state index contributed by atoms with van der Waals surface area (Å²) in [4.78, 5) is 34.6. The number of carbonyl (C=O) groups excluding carboxylic acids is 3. The number of Topliss-reactive ketones (excluding diaryl/α,β-unsaturated/α-hetero) is 1. The topological polar surface area (TPSA) is 72.5 Å². The van der Waals surface area contributed by atoms with Crippen molar-refractivity contribution in [3.63, 3.8) is 0 Å². The first-order chi connectivity index (χ1) is 9.06. The van der Waals surface area contributed by atoms with Crippen LogP contribution in [0.4, 0.5) is 0 Å². The largest absolute Gasteiger partial charge is 0.461 e. The monoisotopic (exact) mass is 269 g/mol. The average Bonchev–Trinajstić information content (AvgIpc) is 2.70. The minimum atomic E-state index is -0.583. The standard InChI is InChI=1S/C14H23NO4/c1-3-5-6-7-10(16)8-13(17)15-12-9-11(4-2)19-14(12)18/h11-12H,3-9H2,1-2H3,(H,15,17)/t11?,12-/m0/s1. The van der Waals surface area contributed by atoms with E-state index in [1.165, 1.54) is 0 Å². The zero-order chi connectivity index (χ0) is 14.3. The Hall–Kier alpha value is -1.39. The third-order valence-electron chi connectivity index (χ3n) is 3.27. The van der Waals surface area contributed by atoms with Gasteiger partial charge in [0.15, 0.2) is 0 Å². The van der Waals surface area contributed by atoms with Crippen molar-refractivity contribution in [2.24, 2.45) is 0 Å². The zero-order valence-electron chi connectivity index (χ0n) is 11.7. The zero-order valence-corrected chi connectivity index (χ0v) is 11.7. The molecule has 1 amide bonds. The fourth-order valence-corrected chi connectivity index (χ4v) is 2.11. The van der Waals surface area contributed by atoms with Crippen LogP contribution in [0.15, 0.2) is 0 Å². The lowest BCUT2D eigenvalue weighted by molar-refractivity contribution is -0.144. The third-order valence-corrected chi connectivity index (χ3v) is 3.27. The van der Waals surface area contributed by atoms with Gasteiger partial charge in [-0.3, -0.25) is 9.59 Å². The highest BCUT2D eigenvalue weighted by Gasteiger charge is 2.34. The quantitative estimate of drug-likeness (QED) is 0.414. The van der Waals surface area contributed by atoms with Crippen LogP contribution in [0.2, 0.25) is 0 Å². The molecule has 0 aromatic carbocycles. The van der Waals surface area contributed by atoms with E-state index < -0.39 is 12.0 Å². The molecule has 0 radical (unpaired) electrons. The van der Waals surface area contributed by atoms with Crippen LogP contribution in [0.3, 0.4) is 0 Å². The number of amides is 1. The van der Waals surface area contributed by atoms with E-state index >= 15 is 0 Å². The van der Waals surface area contributed by atoms with Crippen molar-refractivity contribution in [1.29, 1.82) is 0 Å². The highest BCUT2D eigenvalue weighted by atomic mass is 16.6. The van der Waals surface area contributed by atoms with Crippen LogP contribution < -0.4 is 5.32 Å². The molecule has 5 heteroatoms. The minimum absolute atomic E-state index is 0.0654. The molecule has 1 fully saturated rings. The van der Waals surface area contributed by atoms with Gasteiger partial charge in [0, 0.05) is 12.8 Å². The molecule has 1 saturated heterocycles. The summed E-state index contributed by atoms with van der Waals surface area (Å²) in [6.07, 6.45) is 4.31. The second-order valence-electron chi connectivity index (χ2n) is 5.00. The third kappa shape index (κ3) is 5.41. The van der Waals surface area contributed by atoms with E-state index in [2.05, 4.69) is 12.2 Å². The molecule has 2 atom stereocenters. The summed E-state index contributed by atoms with van der Waals surface area (Å²) >= 11 is 0. The van der Waals surface area contributed by atoms with Gasteiger partial charge in [-0.2, -0.15) is 0 Å². The van der Waals surface area contributed by atoms with Gasteiger partial charge in [-0.05, 0) is 12.8 Å². The first kappa shape index (κ1) is 15.7. The van der Waals surface area contributed by atoms with Gasteiger partial charge < -0.3 is 10.1 Å². The molecule has 0 spiro atoms. The van der Waals surface area contributed by atoms with E-state index in [1.54, 1.807) is 0 Å². The van der Waals surface area contributed by atoms with Crippen LogP contribution in [0.1, 0.15) is 58.8 Å². The molecule has 0 aromatic heterocycles. The Morgan fingerprint density at radius 1 is 1.32 bits per heavy atom. The van der Waals surface area contributed by atoms with Gasteiger partial charge in [0.05, 0.1) is 6.42 Å². The molecule has 19 heavy (non-hydrogen) atoms. The summed E-state index contributed by atoms with van der Waals surface area (Å²) in [6, 6.07) is -0.583. The Morgan fingerprint density at radius 3 is 2.63 bits per heavy atom. The number of unbranched alkanes of at least 4 members (excludes halogenated alkanes) is 2. The molecule has 0 bridgehead atoms. The minimum Gasteiger partial charge on any atom is -0.461 e. The van der Waals surface area contributed by atoms with Gasteiger partial charge in [0.1, 0.15) is 17.9 Å². The lowest BCUT2D eigenvalue weighted by atomic mass is 10.1. The number of hydrogen-bond donors (Lipinski definition) is 1. The van der Waals surface area contributed by atoms with Gasteiger partial charge in [-0.25, -0.2) is 4.79 Å². The number of ketones is 1. The summed E-state index contributed by atoms with van der Waals surface area (Å²) in [6.45, 7) is 3.99. The van der Waals surface area contributed by atoms with Crippen molar-refractivity contribution >= 4 is 17.7 Å². The van der Waals surface area contributed by atoms with Crippen molar-refractivity contribution in [3.8, 4) is 0 Å². The number of nitrogens with one attached hydrogen (secondary N) is 1. The predicted molar refractivity (Wildman–Crippen MR) is 70.5 cm³/mol. The Kier molecular flexibility index (Phi) is 6.53. The molecular formula is C14H23NO4. The summed E-state index contributed by atoms with van der Waals surface area (Å²) in [5.41, 5.74) is 0. The van der Waals surface area contributed by atoms with Crippen molar-refractivity contribution < 1.29 is 19.1 Å². The first-order valence-electron chi connectivity index (χ1n) is 7.08. The van der Waals surface area contributed by atoms with E-state index in [-0.39, 0.29) is 24.2 Å². The van der Waals surface area contributed by atoms with Gasteiger partial charge in [-0.15, -0.1) is 0 Å². The van der Waals surface area contributed by atoms with E-state index in [4.69, 9.17) is 4.74 Å². The first-order valence-corrected chi connectivity index (χ1v) is 7.08. The van der Waals surface area contributed by atoms with Gasteiger partial charge in [-0.1, -0.05) is 26.7 Å². The van der Waals surface area contributed by atoms with E-state index in [9.17, 15) is 14.4 Å². The predicted octanol–water partition coefficient (Wildman–Crippen LogP) is 1.74. The van der Waals surface area contributed by atoms with Crippen LogP contribution in [0, 0.1) is 0 Å². The molecule has 1 aliphatic heterocycles. The molecule has 108 valence electrons. The van der Waals surface area contributed by atoms with E-state index in [1.807, 2.05) is 6.92 Å². The van der Waals surface area contributed by atoms with E-state index in [0.717, 1.165) is 25.7 Å².